The Kier molecular flexibility index (Phi) is 5.58. The number of amides is 1. The molecule has 2 aromatic carbocycles. The number of hydrogen-bond acceptors (Lipinski definition) is 5. The second kappa shape index (κ2) is 8.24. The number of carbonyl (C=O) groups excluding carboxylic acids is 1. The van der Waals surface area contributed by atoms with Crippen molar-refractivity contribution >= 4 is 5.91 Å². The molecule has 1 heterocycles. The largest absolute Gasteiger partial charge is 0.491 e. The first-order valence-electron chi connectivity index (χ1n) is 8.45. The molecule has 7 nitrogen and oxygen atoms in total. The van der Waals surface area contributed by atoms with Gasteiger partial charge in [-0.2, -0.15) is 0 Å². The van der Waals surface area contributed by atoms with E-state index in [1.165, 1.54) is 6.33 Å². The number of aromatic nitrogens is 4. The molecule has 0 aliphatic heterocycles. The van der Waals surface area contributed by atoms with E-state index in [0.717, 1.165) is 22.6 Å². The summed E-state index contributed by atoms with van der Waals surface area (Å²) in [5, 5.41) is 14.0. The second-order valence-corrected chi connectivity index (χ2v) is 6.15. The molecule has 1 amide bonds. The van der Waals surface area contributed by atoms with Crippen molar-refractivity contribution in [3.63, 3.8) is 0 Å². The van der Waals surface area contributed by atoms with Crippen LogP contribution >= 0.6 is 0 Å². The van der Waals surface area contributed by atoms with Gasteiger partial charge in [-0.25, -0.2) is 4.68 Å². The number of tetrazole rings is 1. The van der Waals surface area contributed by atoms with Gasteiger partial charge in [-0.3, -0.25) is 4.79 Å². The zero-order valence-corrected chi connectivity index (χ0v) is 14.8. The van der Waals surface area contributed by atoms with E-state index in [1.807, 2.05) is 62.4 Å². The third kappa shape index (κ3) is 4.66. The monoisotopic (exact) mass is 351 g/mol. The number of ether oxygens (including phenoxy) is 1. The molecule has 0 aliphatic carbocycles. The molecule has 0 saturated heterocycles. The first-order chi connectivity index (χ1) is 12.6. The predicted molar refractivity (Wildman–Crippen MR) is 96.9 cm³/mol. The average Bonchev–Trinajstić information content (AvgIpc) is 3.16. The van der Waals surface area contributed by atoms with Gasteiger partial charge < -0.3 is 10.1 Å². The lowest BCUT2D eigenvalue weighted by Gasteiger charge is -2.14. The molecule has 7 heteroatoms. The summed E-state index contributed by atoms with van der Waals surface area (Å²) in [5.74, 6) is 0.758. The minimum absolute atomic E-state index is 0.0421. The summed E-state index contributed by atoms with van der Waals surface area (Å²) >= 11 is 0. The van der Waals surface area contributed by atoms with Crippen LogP contribution in [0.25, 0.3) is 5.69 Å². The highest BCUT2D eigenvalue weighted by Gasteiger charge is 2.08. The number of para-hydroxylation sites is 1. The van der Waals surface area contributed by atoms with Crippen LogP contribution in [-0.4, -0.2) is 32.2 Å². The van der Waals surface area contributed by atoms with Gasteiger partial charge in [-0.15, -0.1) is 5.10 Å². The Morgan fingerprint density at radius 3 is 2.62 bits per heavy atom. The van der Waals surface area contributed by atoms with E-state index in [0.29, 0.717) is 13.0 Å². The van der Waals surface area contributed by atoms with E-state index in [2.05, 4.69) is 20.8 Å². The molecular formula is C19H21N5O2. The first-order valence-corrected chi connectivity index (χ1v) is 8.45. The zero-order chi connectivity index (χ0) is 18.4. The Bertz CT molecular complexity index is 845. The van der Waals surface area contributed by atoms with Gasteiger partial charge in [0.15, 0.2) is 0 Å². The predicted octanol–water partition coefficient (Wildman–Crippen LogP) is 2.31. The molecule has 0 spiro atoms. The Morgan fingerprint density at radius 1 is 1.15 bits per heavy atom. The first kappa shape index (κ1) is 17.6. The van der Waals surface area contributed by atoms with Crippen molar-refractivity contribution in [3.05, 3.63) is 66.0 Å². The second-order valence-electron chi connectivity index (χ2n) is 6.15. The Balaban J connectivity index is 1.56. The minimum Gasteiger partial charge on any atom is -0.491 e. The fraction of sp³-hybridized carbons (Fsp3) is 0.263. The number of nitrogens with one attached hydrogen (secondary N) is 1. The Morgan fingerprint density at radius 2 is 1.92 bits per heavy atom. The molecule has 1 N–H and O–H groups in total. The SMILES string of the molecule is CC(C)Oc1ccccc1CNC(=O)Cc1ccc(-n2cnnn2)cc1. The summed E-state index contributed by atoms with van der Waals surface area (Å²) in [7, 11) is 0. The van der Waals surface area contributed by atoms with E-state index >= 15 is 0 Å². The topological polar surface area (TPSA) is 81.9 Å². The summed E-state index contributed by atoms with van der Waals surface area (Å²) < 4.78 is 7.34. The highest BCUT2D eigenvalue weighted by atomic mass is 16.5. The fourth-order valence-electron chi connectivity index (χ4n) is 2.51. The maximum Gasteiger partial charge on any atom is 0.224 e. The van der Waals surface area contributed by atoms with Crippen molar-refractivity contribution in [2.45, 2.75) is 32.9 Å². The zero-order valence-electron chi connectivity index (χ0n) is 14.8. The summed E-state index contributed by atoms with van der Waals surface area (Å²) in [5.41, 5.74) is 2.73. The van der Waals surface area contributed by atoms with Crippen LogP contribution in [0.2, 0.25) is 0 Å². The van der Waals surface area contributed by atoms with Gasteiger partial charge in [0.2, 0.25) is 5.91 Å². The van der Waals surface area contributed by atoms with Crippen LogP contribution in [-0.2, 0) is 17.8 Å². The molecule has 1 aromatic heterocycles. The maximum atomic E-state index is 12.2. The smallest absolute Gasteiger partial charge is 0.224 e. The lowest BCUT2D eigenvalue weighted by molar-refractivity contribution is -0.120. The lowest BCUT2D eigenvalue weighted by Crippen LogP contribution is -2.25. The van der Waals surface area contributed by atoms with E-state index < -0.39 is 0 Å². The summed E-state index contributed by atoms with van der Waals surface area (Å²) in [6.07, 6.45) is 1.92. The quantitative estimate of drug-likeness (QED) is 0.706. The van der Waals surface area contributed by atoms with Gasteiger partial charge in [0.05, 0.1) is 18.2 Å². The number of benzene rings is 2. The van der Waals surface area contributed by atoms with Crippen LogP contribution in [0.1, 0.15) is 25.0 Å². The summed E-state index contributed by atoms with van der Waals surface area (Å²) in [6, 6.07) is 15.3. The highest BCUT2D eigenvalue weighted by molar-refractivity contribution is 5.78. The molecule has 0 aliphatic rings. The third-order valence-electron chi connectivity index (χ3n) is 3.73. The van der Waals surface area contributed by atoms with E-state index in [4.69, 9.17) is 4.74 Å². The van der Waals surface area contributed by atoms with Crippen LogP contribution in [0.3, 0.4) is 0 Å². The van der Waals surface area contributed by atoms with Crippen molar-refractivity contribution in [2.24, 2.45) is 0 Å². The van der Waals surface area contributed by atoms with E-state index in [9.17, 15) is 4.79 Å². The molecule has 26 heavy (non-hydrogen) atoms. The molecule has 0 bridgehead atoms. The molecule has 0 unspecified atom stereocenters. The average molecular weight is 351 g/mol. The molecule has 0 radical (unpaired) electrons. The van der Waals surface area contributed by atoms with Crippen LogP contribution in [0.15, 0.2) is 54.9 Å². The number of nitrogens with zero attached hydrogens (tertiary/aromatic N) is 4. The van der Waals surface area contributed by atoms with Crippen LogP contribution in [0, 0.1) is 0 Å². The van der Waals surface area contributed by atoms with Crippen LogP contribution in [0.4, 0.5) is 0 Å². The fourth-order valence-corrected chi connectivity index (χ4v) is 2.51. The normalized spacial score (nSPS) is 10.7. The third-order valence-corrected chi connectivity index (χ3v) is 3.73. The van der Waals surface area contributed by atoms with E-state index in [1.54, 1.807) is 4.68 Å². The molecule has 3 rings (SSSR count). The Hall–Kier alpha value is -3.22. The van der Waals surface area contributed by atoms with Gasteiger partial charge in [0.1, 0.15) is 12.1 Å². The number of rotatable bonds is 7. The molecule has 134 valence electrons. The maximum absolute atomic E-state index is 12.2. The Labute approximate surface area is 152 Å². The molecule has 0 atom stereocenters. The van der Waals surface area contributed by atoms with Gasteiger partial charge in [0.25, 0.3) is 0 Å². The van der Waals surface area contributed by atoms with Gasteiger partial charge >= 0.3 is 0 Å². The standard InChI is InChI=1S/C19H21N5O2/c1-14(2)26-18-6-4-3-5-16(18)12-20-19(25)11-15-7-9-17(10-8-15)24-13-21-22-23-24/h3-10,13-14H,11-12H2,1-2H3,(H,20,25). The van der Waals surface area contributed by atoms with Gasteiger partial charge in [-0.1, -0.05) is 30.3 Å². The molecule has 3 aromatic rings. The summed E-state index contributed by atoms with van der Waals surface area (Å²) in [6.45, 7) is 4.40. The van der Waals surface area contributed by atoms with Crippen LogP contribution in [0.5, 0.6) is 5.75 Å². The lowest BCUT2D eigenvalue weighted by atomic mass is 10.1. The van der Waals surface area contributed by atoms with Crippen molar-refractivity contribution in [1.29, 1.82) is 0 Å². The van der Waals surface area contributed by atoms with Crippen LogP contribution < -0.4 is 10.1 Å². The van der Waals surface area contributed by atoms with Crippen molar-refractivity contribution < 1.29 is 9.53 Å². The van der Waals surface area contributed by atoms with Gasteiger partial charge in [0, 0.05) is 12.1 Å². The minimum atomic E-state index is -0.0421. The van der Waals surface area contributed by atoms with Crippen molar-refractivity contribution in [2.75, 3.05) is 0 Å². The molecule has 0 saturated carbocycles. The molecular weight excluding hydrogens is 330 g/mol. The van der Waals surface area contributed by atoms with Gasteiger partial charge in [-0.05, 0) is 48.0 Å². The van der Waals surface area contributed by atoms with Crippen molar-refractivity contribution in [3.8, 4) is 11.4 Å². The highest BCUT2D eigenvalue weighted by Crippen LogP contribution is 2.19. The summed E-state index contributed by atoms with van der Waals surface area (Å²) in [4.78, 5) is 12.2. The van der Waals surface area contributed by atoms with E-state index in [-0.39, 0.29) is 12.0 Å². The number of carbonyl (C=O) groups is 1. The number of hydrogen-bond donors (Lipinski definition) is 1. The van der Waals surface area contributed by atoms with Crippen molar-refractivity contribution in [1.82, 2.24) is 25.5 Å². The molecule has 0 fully saturated rings.